The van der Waals surface area contributed by atoms with Gasteiger partial charge in [-0.2, -0.15) is 0 Å². The van der Waals surface area contributed by atoms with Gasteiger partial charge in [-0.1, -0.05) is 24.3 Å². The molecule has 1 heterocycles. The molecular weight excluding hydrogens is 290 g/mol. The van der Waals surface area contributed by atoms with Crippen molar-refractivity contribution >= 4 is 10.9 Å². The molecule has 0 saturated carbocycles. The van der Waals surface area contributed by atoms with E-state index >= 15 is 0 Å². The number of nitrogens with two attached hydrogens (primary N) is 1. The summed E-state index contributed by atoms with van der Waals surface area (Å²) in [6.45, 7) is 1.79. The third-order valence-electron chi connectivity index (χ3n) is 3.71. The summed E-state index contributed by atoms with van der Waals surface area (Å²) in [6, 6.07) is 14.5. The van der Waals surface area contributed by atoms with E-state index in [0.29, 0.717) is 22.3 Å². The fourth-order valence-corrected chi connectivity index (χ4v) is 2.60. The zero-order chi connectivity index (χ0) is 16.4. The van der Waals surface area contributed by atoms with Crippen LogP contribution in [0.4, 0.5) is 0 Å². The third kappa shape index (κ3) is 2.74. The van der Waals surface area contributed by atoms with Gasteiger partial charge >= 0.3 is 0 Å². The number of aliphatic hydroxyl groups excluding tert-OH is 1. The van der Waals surface area contributed by atoms with E-state index in [9.17, 15) is 9.90 Å². The van der Waals surface area contributed by atoms with Crippen LogP contribution in [-0.4, -0.2) is 14.7 Å². The van der Waals surface area contributed by atoms with Crippen LogP contribution in [0.1, 0.15) is 17.5 Å². The van der Waals surface area contributed by atoms with Gasteiger partial charge in [0, 0.05) is 0 Å². The summed E-state index contributed by atoms with van der Waals surface area (Å²) in [6.07, 6.45) is 1.95. The van der Waals surface area contributed by atoms with Gasteiger partial charge in [-0.3, -0.25) is 9.36 Å². The number of benzene rings is 2. The molecule has 3 aromatic rings. The average molecular weight is 307 g/mol. The van der Waals surface area contributed by atoms with Gasteiger partial charge < -0.3 is 10.8 Å². The summed E-state index contributed by atoms with van der Waals surface area (Å²) < 4.78 is 1.58. The Balaban J connectivity index is 2.21. The van der Waals surface area contributed by atoms with Crippen LogP contribution in [0.25, 0.3) is 16.6 Å². The standard InChI is InChI=1S/C18H17N3O2/c1-12-20-16-11-13(17(22)9-10-19)7-8-15(16)18(23)21(12)14-5-3-2-4-6-14/h2-11,17,22H,19H2,1H3/b10-9+. The Morgan fingerprint density at radius 2 is 1.96 bits per heavy atom. The summed E-state index contributed by atoms with van der Waals surface area (Å²) in [5.74, 6) is 0.592. The first-order valence-electron chi connectivity index (χ1n) is 7.27. The van der Waals surface area contributed by atoms with Crippen LogP contribution in [0.5, 0.6) is 0 Å². The monoisotopic (exact) mass is 307 g/mol. The first kappa shape index (κ1) is 15.0. The van der Waals surface area contributed by atoms with Gasteiger partial charge in [-0.15, -0.1) is 0 Å². The maximum atomic E-state index is 12.8. The maximum Gasteiger partial charge on any atom is 0.265 e. The number of aromatic nitrogens is 2. The molecule has 0 aliphatic rings. The predicted molar refractivity (Wildman–Crippen MR) is 90.4 cm³/mol. The molecule has 116 valence electrons. The second-order valence-electron chi connectivity index (χ2n) is 5.24. The van der Waals surface area contributed by atoms with Crippen LogP contribution in [0, 0.1) is 6.92 Å². The molecule has 0 radical (unpaired) electrons. The Labute approximate surface area is 133 Å². The maximum absolute atomic E-state index is 12.8. The molecule has 5 nitrogen and oxygen atoms in total. The molecule has 2 aromatic carbocycles. The predicted octanol–water partition coefficient (Wildman–Crippen LogP) is 2.20. The van der Waals surface area contributed by atoms with E-state index in [1.165, 1.54) is 12.3 Å². The minimum absolute atomic E-state index is 0.130. The number of para-hydroxylation sites is 1. The Bertz CT molecular complexity index is 930. The van der Waals surface area contributed by atoms with Crippen molar-refractivity contribution in [3.05, 3.63) is 82.5 Å². The quantitative estimate of drug-likeness (QED) is 0.777. The number of nitrogens with zero attached hydrogens (tertiary/aromatic N) is 2. The number of fused-ring (bicyclic) bond motifs is 1. The second-order valence-corrected chi connectivity index (χ2v) is 5.24. The number of rotatable bonds is 3. The van der Waals surface area contributed by atoms with Crippen molar-refractivity contribution in [2.75, 3.05) is 0 Å². The van der Waals surface area contributed by atoms with Gasteiger partial charge in [0.15, 0.2) is 0 Å². The minimum Gasteiger partial charge on any atom is -0.405 e. The summed E-state index contributed by atoms with van der Waals surface area (Å²) in [7, 11) is 0. The molecule has 1 unspecified atom stereocenters. The summed E-state index contributed by atoms with van der Waals surface area (Å²) in [4.78, 5) is 17.3. The lowest BCUT2D eigenvalue weighted by Gasteiger charge is -2.12. The number of aliphatic hydroxyl groups is 1. The first-order valence-corrected chi connectivity index (χ1v) is 7.27. The van der Waals surface area contributed by atoms with Crippen molar-refractivity contribution in [2.45, 2.75) is 13.0 Å². The molecule has 0 fully saturated rings. The number of hydrogen-bond donors (Lipinski definition) is 2. The van der Waals surface area contributed by atoms with Crippen molar-refractivity contribution in [3.8, 4) is 5.69 Å². The largest absolute Gasteiger partial charge is 0.405 e. The zero-order valence-electron chi connectivity index (χ0n) is 12.7. The normalized spacial score (nSPS) is 12.8. The van der Waals surface area contributed by atoms with Gasteiger partial charge in [0.05, 0.1) is 22.7 Å². The van der Waals surface area contributed by atoms with E-state index in [2.05, 4.69) is 4.98 Å². The molecule has 0 bridgehead atoms. The summed E-state index contributed by atoms with van der Waals surface area (Å²) >= 11 is 0. The highest BCUT2D eigenvalue weighted by atomic mass is 16.3. The van der Waals surface area contributed by atoms with E-state index in [4.69, 9.17) is 5.73 Å². The smallest absolute Gasteiger partial charge is 0.265 e. The molecule has 1 atom stereocenters. The van der Waals surface area contributed by atoms with Crippen LogP contribution in [0.2, 0.25) is 0 Å². The highest BCUT2D eigenvalue weighted by Gasteiger charge is 2.12. The highest BCUT2D eigenvalue weighted by molar-refractivity contribution is 5.79. The fraction of sp³-hybridized carbons (Fsp3) is 0.111. The molecular formula is C18H17N3O2. The molecule has 3 rings (SSSR count). The van der Waals surface area contributed by atoms with Gasteiger partial charge in [0.25, 0.3) is 5.56 Å². The molecule has 23 heavy (non-hydrogen) atoms. The Kier molecular flexibility index (Phi) is 3.95. The molecule has 0 spiro atoms. The van der Waals surface area contributed by atoms with Crippen LogP contribution in [0.3, 0.4) is 0 Å². The number of aryl methyl sites for hydroxylation is 1. The van der Waals surface area contributed by atoms with Crippen molar-refractivity contribution in [3.63, 3.8) is 0 Å². The molecule has 1 aromatic heterocycles. The van der Waals surface area contributed by atoms with Crippen molar-refractivity contribution in [1.29, 1.82) is 0 Å². The zero-order valence-corrected chi connectivity index (χ0v) is 12.7. The fourth-order valence-electron chi connectivity index (χ4n) is 2.60. The SMILES string of the molecule is Cc1nc2cc(C(O)/C=C/N)ccc2c(=O)n1-c1ccccc1. The van der Waals surface area contributed by atoms with Crippen molar-refractivity contribution in [2.24, 2.45) is 5.73 Å². The first-order chi connectivity index (χ1) is 11.1. The average Bonchev–Trinajstić information content (AvgIpc) is 2.55. The molecule has 0 aliphatic carbocycles. The van der Waals surface area contributed by atoms with Crippen LogP contribution >= 0.6 is 0 Å². The van der Waals surface area contributed by atoms with E-state index in [-0.39, 0.29) is 5.56 Å². The second kappa shape index (κ2) is 6.06. The molecule has 0 aliphatic heterocycles. The Morgan fingerprint density at radius 1 is 1.22 bits per heavy atom. The van der Waals surface area contributed by atoms with Crippen LogP contribution < -0.4 is 11.3 Å². The van der Waals surface area contributed by atoms with E-state index in [1.807, 2.05) is 30.3 Å². The molecule has 5 heteroatoms. The van der Waals surface area contributed by atoms with E-state index in [1.54, 1.807) is 29.7 Å². The van der Waals surface area contributed by atoms with Gasteiger partial charge in [-0.25, -0.2) is 4.98 Å². The lowest BCUT2D eigenvalue weighted by atomic mass is 10.1. The van der Waals surface area contributed by atoms with Gasteiger partial charge in [-0.05, 0) is 49.0 Å². The van der Waals surface area contributed by atoms with E-state index in [0.717, 1.165) is 5.69 Å². The number of hydrogen-bond acceptors (Lipinski definition) is 4. The van der Waals surface area contributed by atoms with Crippen molar-refractivity contribution in [1.82, 2.24) is 9.55 Å². The lowest BCUT2D eigenvalue weighted by molar-refractivity contribution is 0.228. The third-order valence-corrected chi connectivity index (χ3v) is 3.71. The van der Waals surface area contributed by atoms with Crippen LogP contribution in [-0.2, 0) is 0 Å². The molecule has 0 saturated heterocycles. The Morgan fingerprint density at radius 3 is 2.65 bits per heavy atom. The lowest BCUT2D eigenvalue weighted by Crippen LogP contribution is -2.22. The summed E-state index contributed by atoms with van der Waals surface area (Å²) in [5, 5.41) is 10.5. The van der Waals surface area contributed by atoms with E-state index < -0.39 is 6.10 Å². The Hall–Kier alpha value is -2.92. The molecule has 3 N–H and O–H groups in total. The van der Waals surface area contributed by atoms with Crippen LogP contribution in [0.15, 0.2) is 65.6 Å². The van der Waals surface area contributed by atoms with Crippen molar-refractivity contribution < 1.29 is 5.11 Å². The van der Waals surface area contributed by atoms with Gasteiger partial charge in [0.1, 0.15) is 5.82 Å². The topological polar surface area (TPSA) is 81.1 Å². The minimum atomic E-state index is -0.817. The summed E-state index contributed by atoms with van der Waals surface area (Å²) in [5.41, 5.74) is 7.15. The molecule has 0 amide bonds. The van der Waals surface area contributed by atoms with Gasteiger partial charge in [0.2, 0.25) is 0 Å². The highest BCUT2D eigenvalue weighted by Crippen LogP contribution is 2.19.